The Hall–Kier alpha value is -0.830. The largest absolute Gasteiger partial charge is 0.461 e. The number of thiophene rings is 1. The van der Waals surface area contributed by atoms with E-state index in [1.807, 2.05) is 17.5 Å². The summed E-state index contributed by atoms with van der Waals surface area (Å²) in [6.07, 6.45) is 8.23. The first kappa shape index (κ1) is 12.0. The van der Waals surface area contributed by atoms with Crippen molar-refractivity contribution >= 4 is 17.3 Å². The van der Waals surface area contributed by atoms with Crippen LogP contribution in [0.15, 0.2) is 17.5 Å². The van der Waals surface area contributed by atoms with Crippen molar-refractivity contribution in [3.05, 3.63) is 22.4 Å². The molecule has 4 aliphatic carbocycles. The summed E-state index contributed by atoms with van der Waals surface area (Å²) in [5.74, 6) is 2.65. The van der Waals surface area contributed by atoms with Gasteiger partial charge in [-0.3, -0.25) is 0 Å². The zero-order valence-corrected chi connectivity index (χ0v) is 12.0. The van der Waals surface area contributed by atoms with E-state index in [0.29, 0.717) is 12.0 Å². The molecule has 1 heterocycles. The molecule has 0 aliphatic heterocycles. The van der Waals surface area contributed by atoms with E-state index in [0.717, 1.165) is 22.6 Å². The van der Waals surface area contributed by atoms with Crippen molar-refractivity contribution in [3.63, 3.8) is 0 Å². The summed E-state index contributed by atoms with van der Waals surface area (Å²) in [7, 11) is 0. The Morgan fingerprint density at radius 1 is 1.21 bits per heavy atom. The van der Waals surface area contributed by atoms with Crippen LogP contribution in [0, 0.1) is 23.2 Å². The highest BCUT2D eigenvalue weighted by Gasteiger charge is 2.51. The molecule has 102 valence electrons. The van der Waals surface area contributed by atoms with Gasteiger partial charge in [0.05, 0.1) is 6.61 Å². The lowest BCUT2D eigenvalue weighted by atomic mass is 9.50. The summed E-state index contributed by atoms with van der Waals surface area (Å²) in [5, 5.41) is 1.93. The zero-order chi connectivity index (χ0) is 12.9. The third kappa shape index (κ3) is 2.12. The maximum Gasteiger partial charge on any atom is 0.348 e. The van der Waals surface area contributed by atoms with Crippen LogP contribution in [0.5, 0.6) is 0 Å². The van der Waals surface area contributed by atoms with Crippen LogP contribution in [-0.4, -0.2) is 12.6 Å². The van der Waals surface area contributed by atoms with Crippen molar-refractivity contribution in [2.24, 2.45) is 23.2 Å². The van der Waals surface area contributed by atoms with Crippen LogP contribution in [-0.2, 0) is 4.74 Å². The number of carbonyl (C=O) groups is 1. The van der Waals surface area contributed by atoms with Gasteiger partial charge in [0.15, 0.2) is 0 Å². The summed E-state index contributed by atoms with van der Waals surface area (Å²) in [4.78, 5) is 12.7. The van der Waals surface area contributed by atoms with Gasteiger partial charge < -0.3 is 4.74 Å². The molecule has 19 heavy (non-hydrogen) atoms. The fourth-order valence-corrected chi connectivity index (χ4v) is 5.77. The third-order valence-corrected chi connectivity index (χ3v) is 6.25. The SMILES string of the molecule is O=C(OCC12CC3CC(CC(C3)C1)C2)c1cccs1. The lowest BCUT2D eigenvalue weighted by Crippen LogP contribution is -2.48. The van der Waals surface area contributed by atoms with Gasteiger partial charge in [0, 0.05) is 5.41 Å². The maximum atomic E-state index is 12.0. The lowest BCUT2D eigenvalue weighted by Gasteiger charge is -2.56. The van der Waals surface area contributed by atoms with E-state index in [1.54, 1.807) is 0 Å². The summed E-state index contributed by atoms with van der Waals surface area (Å²) in [6.45, 7) is 0.660. The molecular weight excluding hydrogens is 256 g/mol. The Labute approximate surface area is 118 Å². The van der Waals surface area contributed by atoms with E-state index in [4.69, 9.17) is 4.74 Å². The third-order valence-electron chi connectivity index (χ3n) is 5.40. The van der Waals surface area contributed by atoms with E-state index in [-0.39, 0.29) is 5.97 Å². The van der Waals surface area contributed by atoms with Gasteiger partial charge >= 0.3 is 5.97 Å². The molecule has 0 atom stereocenters. The Balaban J connectivity index is 1.44. The summed E-state index contributed by atoms with van der Waals surface area (Å²) < 4.78 is 5.64. The van der Waals surface area contributed by atoms with Crippen LogP contribution in [0.2, 0.25) is 0 Å². The molecule has 3 heteroatoms. The van der Waals surface area contributed by atoms with Crippen LogP contribution in [0.25, 0.3) is 0 Å². The summed E-state index contributed by atoms with van der Waals surface area (Å²) in [6, 6.07) is 3.76. The molecular formula is C16H20O2S. The Morgan fingerprint density at radius 2 is 1.84 bits per heavy atom. The first-order valence-corrected chi connectivity index (χ1v) is 8.31. The van der Waals surface area contributed by atoms with Crippen molar-refractivity contribution in [1.29, 1.82) is 0 Å². The number of esters is 1. The Morgan fingerprint density at radius 3 is 2.37 bits per heavy atom. The van der Waals surface area contributed by atoms with Crippen molar-refractivity contribution < 1.29 is 9.53 Å². The molecule has 4 aliphatic rings. The quantitative estimate of drug-likeness (QED) is 0.776. The molecule has 0 saturated heterocycles. The second-order valence-corrected chi connectivity index (χ2v) is 7.92. The summed E-state index contributed by atoms with van der Waals surface area (Å²) in [5.41, 5.74) is 0.335. The molecule has 1 aromatic rings. The molecule has 4 bridgehead atoms. The molecule has 0 radical (unpaired) electrons. The van der Waals surface area contributed by atoms with Gasteiger partial charge in [-0.1, -0.05) is 6.07 Å². The predicted molar refractivity (Wildman–Crippen MR) is 75.2 cm³/mol. The Kier molecular flexibility index (Phi) is 2.73. The van der Waals surface area contributed by atoms with Gasteiger partial charge in [-0.05, 0) is 67.7 Å². The second-order valence-electron chi connectivity index (χ2n) is 6.97. The molecule has 0 spiro atoms. The molecule has 0 N–H and O–H groups in total. The van der Waals surface area contributed by atoms with Gasteiger partial charge in [0.2, 0.25) is 0 Å². The van der Waals surface area contributed by atoms with E-state index < -0.39 is 0 Å². The molecule has 2 nitrogen and oxygen atoms in total. The monoisotopic (exact) mass is 276 g/mol. The first-order chi connectivity index (χ1) is 9.22. The van der Waals surface area contributed by atoms with Gasteiger partial charge in [-0.15, -0.1) is 11.3 Å². The highest BCUT2D eigenvalue weighted by atomic mass is 32.1. The van der Waals surface area contributed by atoms with Crippen molar-refractivity contribution in [1.82, 2.24) is 0 Å². The molecule has 4 saturated carbocycles. The van der Waals surface area contributed by atoms with Gasteiger partial charge in [-0.25, -0.2) is 4.79 Å². The number of rotatable bonds is 3. The topological polar surface area (TPSA) is 26.3 Å². The molecule has 5 rings (SSSR count). The summed E-state index contributed by atoms with van der Waals surface area (Å²) >= 11 is 1.47. The van der Waals surface area contributed by atoms with Crippen LogP contribution >= 0.6 is 11.3 Å². The minimum Gasteiger partial charge on any atom is -0.461 e. The average Bonchev–Trinajstić information content (AvgIpc) is 2.88. The van der Waals surface area contributed by atoms with Crippen molar-refractivity contribution in [2.45, 2.75) is 38.5 Å². The normalized spacial score (nSPS) is 39.5. The van der Waals surface area contributed by atoms with Crippen LogP contribution in [0.1, 0.15) is 48.2 Å². The number of carbonyl (C=O) groups excluding carboxylic acids is 1. The van der Waals surface area contributed by atoms with Crippen LogP contribution < -0.4 is 0 Å². The van der Waals surface area contributed by atoms with Gasteiger partial charge in [-0.2, -0.15) is 0 Å². The number of hydrogen-bond acceptors (Lipinski definition) is 3. The molecule has 4 fully saturated rings. The van der Waals surface area contributed by atoms with Crippen LogP contribution in [0.3, 0.4) is 0 Å². The zero-order valence-electron chi connectivity index (χ0n) is 11.1. The predicted octanol–water partition coefficient (Wildman–Crippen LogP) is 4.12. The minimum atomic E-state index is -0.120. The molecule has 0 amide bonds. The first-order valence-electron chi connectivity index (χ1n) is 7.43. The highest BCUT2D eigenvalue weighted by molar-refractivity contribution is 7.11. The molecule has 0 aromatic carbocycles. The number of ether oxygens (including phenoxy) is 1. The molecule has 0 unspecified atom stereocenters. The van der Waals surface area contributed by atoms with Gasteiger partial charge in [0.1, 0.15) is 4.88 Å². The average molecular weight is 276 g/mol. The number of hydrogen-bond donors (Lipinski definition) is 0. The van der Waals surface area contributed by atoms with E-state index in [1.165, 1.54) is 49.9 Å². The smallest absolute Gasteiger partial charge is 0.348 e. The van der Waals surface area contributed by atoms with E-state index in [2.05, 4.69) is 0 Å². The fraction of sp³-hybridized carbons (Fsp3) is 0.688. The highest BCUT2D eigenvalue weighted by Crippen LogP contribution is 2.60. The van der Waals surface area contributed by atoms with Crippen molar-refractivity contribution in [3.8, 4) is 0 Å². The Bertz CT molecular complexity index is 442. The molecule has 1 aromatic heterocycles. The van der Waals surface area contributed by atoms with Crippen LogP contribution in [0.4, 0.5) is 0 Å². The van der Waals surface area contributed by atoms with E-state index >= 15 is 0 Å². The van der Waals surface area contributed by atoms with Gasteiger partial charge in [0.25, 0.3) is 0 Å². The standard InChI is InChI=1S/C16H20O2S/c17-15(14-2-1-3-19-14)18-10-16-7-11-4-12(8-16)6-13(5-11)9-16/h1-3,11-13H,4-10H2. The fourth-order valence-electron chi connectivity index (χ4n) is 5.15. The van der Waals surface area contributed by atoms with E-state index in [9.17, 15) is 4.79 Å². The van der Waals surface area contributed by atoms with Crippen molar-refractivity contribution in [2.75, 3.05) is 6.61 Å². The minimum absolute atomic E-state index is 0.120. The lowest BCUT2D eigenvalue weighted by molar-refractivity contribution is -0.0847. The maximum absolute atomic E-state index is 12.0. The second kappa shape index (κ2) is 4.34.